The molecule has 4 rings (SSSR count). The van der Waals surface area contributed by atoms with Crippen LogP contribution in [0.3, 0.4) is 0 Å². The monoisotopic (exact) mass is 318 g/mol. The maximum atomic E-state index is 13.8. The average molecular weight is 318 g/mol. The van der Waals surface area contributed by atoms with Crippen LogP contribution in [-0.4, -0.2) is 11.3 Å². The van der Waals surface area contributed by atoms with Crippen molar-refractivity contribution in [2.24, 2.45) is 0 Å². The fourth-order valence-electron chi connectivity index (χ4n) is 3.62. The molecule has 2 aliphatic rings. The zero-order valence-corrected chi connectivity index (χ0v) is 13.4. The van der Waals surface area contributed by atoms with Crippen molar-refractivity contribution in [1.82, 2.24) is 0 Å². The van der Waals surface area contributed by atoms with Crippen molar-refractivity contribution >= 4 is 11.6 Å². The van der Waals surface area contributed by atoms with Crippen molar-refractivity contribution in [1.29, 1.82) is 0 Å². The molecule has 0 spiro atoms. The van der Waals surface area contributed by atoms with Crippen LogP contribution in [0.1, 0.15) is 29.5 Å². The molecule has 2 heteroatoms. The summed E-state index contributed by atoms with van der Waals surface area (Å²) >= 11 is 0. The van der Waals surface area contributed by atoms with Crippen molar-refractivity contribution in [3.05, 3.63) is 88.5 Å². The lowest BCUT2D eigenvalue weighted by Gasteiger charge is -2.18. The van der Waals surface area contributed by atoms with Gasteiger partial charge in [-0.25, -0.2) is 4.39 Å². The molecule has 0 amide bonds. The van der Waals surface area contributed by atoms with Crippen LogP contribution in [0.25, 0.3) is 11.6 Å². The van der Waals surface area contributed by atoms with Crippen molar-refractivity contribution in [2.45, 2.75) is 25.4 Å². The lowest BCUT2D eigenvalue weighted by atomic mass is 9.87. The Labute approximate surface area is 141 Å². The van der Waals surface area contributed by atoms with Gasteiger partial charge in [-0.15, -0.1) is 0 Å². The average Bonchev–Trinajstić information content (AvgIpc) is 2.73. The number of phenols is 1. The van der Waals surface area contributed by atoms with E-state index in [0.717, 1.165) is 29.6 Å². The van der Waals surface area contributed by atoms with Crippen LogP contribution in [0.4, 0.5) is 4.39 Å². The first-order valence-corrected chi connectivity index (χ1v) is 8.34. The molecule has 0 radical (unpaired) electrons. The molecular weight excluding hydrogens is 299 g/mol. The number of fused-ring (bicyclic) bond motifs is 1. The largest absolute Gasteiger partial charge is 0.508 e. The number of allylic oxidation sites excluding steroid dienone is 5. The number of hydrogen-bond donors (Lipinski definition) is 1. The number of phenolic OH excluding ortho intramolecular Hbond substituents is 1. The van der Waals surface area contributed by atoms with Gasteiger partial charge in [-0.3, -0.25) is 0 Å². The first kappa shape index (κ1) is 14.9. The van der Waals surface area contributed by atoms with E-state index in [0.29, 0.717) is 6.42 Å². The van der Waals surface area contributed by atoms with Crippen LogP contribution in [0.2, 0.25) is 0 Å². The van der Waals surface area contributed by atoms with E-state index in [-0.39, 0.29) is 5.75 Å². The van der Waals surface area contributed by atoms with Gasteiger partial charge in [-0.2, -0.15) is 0 Å². The molecule has 0 heterocycles. The molecule has 2 aromatic rings. The molecule has 1 N–H and O–H groups in total. The Bertz CT molecular complexity index is 873. The number of aromatic hydroxyl groups is 1. The summed E-state index contributed by atoms with van der Waals surface area (Å²) in [6, 6.07) is 15.6. The molecule has 0 fully saturated rings. The number of halogens is 1. The molecule has 0 saturated carbocycles. The van der Waals surface area contributed by atoms with E-state index >= 15 is 0 Å². The second-order valence-corrected chi connectivity index (χ2v) is 6.41. The van der Waals surface area contributed by atoms with Gasteiger partial charge < -0.3 is 5.11 Å². The smallest absolute Gasteiger partial charge is 0.122 e. The van der Waals surface area contributed by atoms with Gasteiger partial charge in [-0.05, 0) is 65.0 Å². The zero-order valence-electron chi connectivity index (χ0n) is 13.4. The highest BCUT2D eigenvalue weighted by Gasteiger charge is 2.23. The maximum Gasteiger partial charge on any atom is 0.122 e. The Morgan fingerprint density at radius 3 is 2.79 bits per heavy atom. The second-order valence-electron chi connectivity index (χ2n) is 6.41. The van der Waals surface area contributed by atoms with Crippen LogP contribution >= 0.6 is 0 Å². The number of aryl methyl sites for hydroxylation is 1. The minimum Gasteiger partial charge on any atom is -0.508 e. The van der Waals surface area contributed by atoms with Gasteiger partial charge in [0.05, 0.1) is 0 Å². The molecule has 2 aromatic carbocycles. The van der Waals surface area contributed by atoms with E-state index in [2.05, 4.69) is 24.3 Å². The molecule has 1 atom stereocenters. The molecule has 2 aliphatic carbocycles. The quantitative estimate of drug-likeness (QED) is 0.739. The van der Waals surface area contributed by atoms with E-state index in [1.807, 2.05) is 24.3 Å². The van der Waals surface area contributed by atoms with Gasteiger partial charge >= 0.3 is 0 Å². The van der Waals surface area contributed by atoms with E-state index in [1.54, 1.807) is 18.2 Å². The zero-order chi connectivity index (χ0) is 16.5. The van der Waals surface area contributed by atoms with Crippen LogP contribution in [0.5, 0.6) is 5.75 Å². The molecular formula is C22H19FO. The van der Waals surface area contributed by atoms with Crippen molar-refractivity contribution in [3.8, 4) is 5.75 Å². The number of rotatable bonds is 1. The fraction of sp³-hybridized carbons (Fsp3) is 0.182. The number of alkyl halides is 1. The minimum absolute atomic E-state index is 0.253. The van der Waals surface area contributed by atoms with Crippen LogP contribution in [0, 0.1) is 0 Å². The van der Waals surface area contributed by atoms with E-state index in [1.165, 1.54) is 16.7 Å². The second kappa shape index (κ2) is 6.12. The Morgan fingerprint density at radius 2 is 1.92 bits per heavy atom. The predicted molar refractivity (Wildman–Crippen MR) is 96.4 cm³/mol. The summed E-state index contributed by atoms with van der Waals surface area (Å²) in [4.78, 5) is 0. The summed E-state index contributed by atoms with van der Waals surface area (Å²) in [5, 5.41) is 9.76. The first-order chi connectivity index (χ1) is 11.7. The Morgan fingerprint density at radius 1 is 1.04 bits per heavy atom. The van der Waals surface area contributed by atoms with E-state index in [9.17, 15) is 9.50 Å². The molecule has 1 nitrogen and oxygen atoms in total. The number of benzene rings is 2. The Hall–Kier alpha value is -2.61. The standard InChI is InChI=1S/C22H19FO/c23-18-10-11-21-17(14-18)9-8-16-5-1-2-7-20(16)22(21)13-15-4-3-6-19(24)12-15/h1-7,10-13,18,24H,8-9,14H2/b22-13-. The number of hydrogen-bond acceptors (Lipinski definition) is 1. The summed E-state index contributed by atoms with van der Waals surface area (Å²) in [5.41, 5.74) is 6.89. The summed E-state index contributed by atoms with van der Waals surface area (Å²) in [6.45, 7) is 0. The van der Waals surface area contributed by atoms with Crippen molar-refractivity contribution in [3.63, 3.8) is 0 Å². The summed E-state index contributed by atoms with van der Waals surface area (Å²) in [7, 11) is 0. The summed E-state index contributed by atoms with van der Waals surface area (Å²) in [6.07, 6.45) is 7.12. The molecule has 1 unspecified atom stereocenters. The Kier molecular flexibility index (Phi) is 3.81. The molecule has 0 aromatic heterocycles. The minimum atomic E-state index is -0.882. The SMILES string of the molecule is Oc1cccc(/C=C2\C3=C(CCc4ccccc42)CC(F)C=C3)c1. The van der Waals surface area contributed by atoms with Gasteiger partial charge in [0.2, 0.25) is 0 Å². The van der Waals surface area contributed by atoms with E-state index in [4.69, 9.17) is 0 Å². The normalized spacial score (nSPS) is 21.4. The van der Waals surface area contributed by atoms with Crippen molar-refractivity contribution < 1.29 is 9.50 Å². The topological polar surface area (TPSA) is 20.2 Å². The van der Waals surface area contributed by atoms with E-state index < -0.39 is 6.17 Å². The highest BCUT2D eigenvalue weighted by Crippen LogP contribution is 2.40. The van der Waals surface area contributed by atoms with Gasteiger partial charge in [0.1, 0.15) is 11.9 Å². The molecule has 0 aliphatic heterocycles. The third kappa shape index (κ3) is 2.80. The molecule has 0 bridgehead atoms. The summed E-state index contributed by atoms with van der Waals surface area (Å²) in [5.74, 6) is 0.253. The Balaban J connectivity index is 1.91. The fourth-order valence-corrected chi connectivity index (χ4v) is 3.62. The van der Waals surface area contributed by atoms with Crippen LogP contribution in [-0.2, 0) is 6.42 Å². The maximum absolute atomic E-state index is 13.8. The molecule has 24 heavy (non-hydrogen) atoms. The highest BCUT2D eigenvalue weighted by atomic mass is 19.1. The predicted octanol–water partition coefficient (Wildman–Crippen LogP) is 5.47. The van der Waals surface area contributed by atoms with Gasteiger partial charge in [-0.1, -0.05) is 48.0 Å². The highest BCUT2D eigenvalue weighted by molar-refractivity contribution is 5.95. The third-order valence-corrected chi connectivity index (χ3v) is 4.77. The lowest BCUT2D eigenvalue weighted by molar-refractivity contribution is 0.391. The summed E-state index contributed by atoms with van der Waals surface area (Å²) < 4.78 is 13.8. The lowest BCUT2D eigenvalue weighted by Crippen LogP contribution is -2.06. The van der Waals surface area contributed by atoms with Gasteiger partial charge in [0, 0.05) is 6.42 Å². The van der Waals surface area contributed by atoms with Crippen molar-refractivity contribution in [2.75, 3.05) is 0 Å². The van der Waals surface area contributed by atoms with Crippen LogP contribution in [0.15, 0.2) is 71.8 Å². The first-order valence-electron chi connectivity index (χ1n) is 8.34. The van der Waals surface area contributed by atoms with Gasteiger partial charge in [0.25, 0.3) is 0 Å². The molecule has 0 saturated heterocycles. The van der Waals surface area contributed by atoms with Gasteiger partial charge in [0.15, 0.2) is 0 Å². The molecule has 120 valence electrons. The van der Waals surface area contributed by atoms with Crippen LogP contribution < -0.4 is 0 Å². The third-order valence-electron chi connectivity index (χ3n) is 4.77.